The van der Waals surface area contributed by atoms with Crippen LogP contribution >= 0.6 is 0 Å². The molecule has 1 saturated carbocycles. The van der Waals surface area contributed by atoms with Gasteiger partial charge in [0.1, 0.15) is 11.6 Å². The Bertz CT molecular complexity index is 739. The van der Waals surface area contributed by atoms with Crippen molar-refractivity contribution in [3.63, 3.8) is 0 Å². The van der Waals surface area contributed by atoms with Gasteiger partial charge in [0.05, 0.1) is 24.1 Å². The maximum absolute atomic E-state index is 11.9. The minimum Gasteiger partial charge on any atom is -0.495 e. The van der Waals surface area contributed by atoms with E-state index in [1.54, 1.807) is 14.2 Å². The number of hydrogen-bond acceptors (Lipinski definition) is 4. The predicted molar refractivity (Wildman–Crippen MR) is 99.9 cm³/mol. The van der Waals surface area contributed by atoms with Crippen molar-refractivity contribution < 1.29 is 9.53 Å². The molecule has 134 valence electrons. The number of hydrogen-bond donors (Lipinski definition) is 2. The van der Waals surface area contributed by atoms with Crippen LogP contribution in [0, 0.1) is 5.92 Å². The zero-order valence-corrected chi connectivity index (χ0v) is 15.2. The molecule has 1 amide bonds. The lowest BCUT2D eigenvalue weighted by molar-refractivity contribution is -0.123. The number of carbonyl (C=O) groups excluding carboxylic acids is 1. The van der Waals surface area contributed by atoms with E-state index in [-0.39, 0.29) is 17.2 Å². The highest BCUT2D eigenvalue weighted by atomic mass is 16.5. The van der Waals surface area contributed by atoms with E-state index in [4.69, 9.17) is 4.74 Å². The fraction of sp³-hybridized carbons (Fsp3) is 0.579. The topological polar surface area (TPSA) is 66.0 Å². The van der Waals surface area contributed by atoms with Crippen LogP contribution in [0.5, 0.6) is 5.75 Å². The summed E-state index contributed by atoms with van der Waals surface area (Å²) < 4.78 is 5.73. The van der Waals surface area contributed by atoms with Gasteiger partial charge >= 0.3 is 0 Å². The molecule has 1 spiro atoms. The van der Waals surface area contributed by atoms with Gasteiger partial charge in [-0.2, -0.15) is 0 Å². The third-order valence-corrected chi connectivity index (χ3v) is 6.12. The van der Waals surface area contributed by atoms with Crippen molar-refractivity contribution in [3.05, 3.63) is 17.7 Å². The molecule has 0 aromatic heterocycles. The average Bonchev–Trinajstić information content (AvgIpc) is 3.21. The highest BCUT2D eigenvalue weighted by Crippen LogP contribution is 2.54. The van der Waals surface area contributed by atoms with Crippen molar-refractivity contribution in [2.75, 3.05) is 44.5 Å². The Labute approximate surface area is 148 Å². The van der Waals surface area contributed by atoms with Gasteiger partial charge in [-0.3, -0.25) is 9.79 Å². The van der Waals surface area contributed by atoms with E-state index >= 15 is 0 Å². The third kappa shape index (κ3) is 2.30. The van der Waals surface area contributed by atoms with Gasteiger partial charge in [0.2, 0.25) is 5.91 Å². The van der Waals surface area contributed by atoms with E-state index in [2.05, 4.69) is 32.7 Å². The van der Waals surface area contributed by atoms with Crippen LogP contribution in [0.15, 0.2) is 17.1 Å². The number of aliphatic imine (C=N–C) groups is 1. The van der Waals surface area contributed by atoms with Gasteiger partial charge < -0.3 is 20.3 Å². The molecule has 1 unspecified atom stereocenters. The van der Waals surface area contributed by atoms with Crippen molar-refractivity contribution >= 4 is 23.1 Å². The number of benzene rings is 1. The Morgan fingerprint density at radius 2 is 2.24 bits per heavy atom. The first kappa shape index (κ1) is 16.2. The van der Waals surface area contributed by atoms with Gasteiger partial charge in [0, 0.05) is 32.9 Å². The molecular weight excluding hydrogens is 316 g/mol. The van der Waals surface area contributed by atoms with Crippen LogP contribution in [0.4, 0.5) is 11.4 Å². The lowest BCUT2D eigenvalue weighted by Crippen LogP contribution is -2.41. The normalized spacial score (nSPS) is 24.8. The molecule has 2 aliphatic heterocycles. The van der Waals surface area contributed by atoms with Gasteiger partial charge in [0.15, 0.2) is 0 Å². The van der Waals surface area contributed by atoms with Gasteiger partial charge in [-0.1, -0.05) is 6.42 Å². The summed E-state index contributed by atoms with van der Waals surface area (Å²) in [6.07, 6.45) is 4.40. The molecule has 1 aliphatic carbocycles. The smallest absolute Gasteiger partial charge is 0.224 e. The molecule has 0 radical (unpaired) electrons. The predicted octanol–water partition coefficient (Wildman–Crippen LogP) is 2.14. The summed E-state index contributed by atoms with van der Waals surface area (Å²) >= 11 is 0. The second-order valence-corrected chi connectivity index (χ2v) is 7.25. The number of amidine groups is 1. The van der Waals surface area contributed by atoms with E-state index in [0.717, 1.165) is 55.3 Å². The van der Waals surface area contributed by atoms with Crippen molar-refractivity contribution in [1.82, 2.24) is 5.32 Å². The molecule has 1 aromatic rings. The minimum atomic E-state index is 0.0432. The second kappa shape index (κ2) is 5.93. The molecule has 0 bridgehead atoms. The van der Waals surface area contributed by atoms with Gasteiger partial charge in [-0.05, 0) is 37.0 Å². The number of nitrogens with zero attached hydrogens (tertiary/aromatic N) is 2. The monoisotopic (exact) mass is 342 g/mol. The second-order valence-electron chi connectivity index (χ2n) is 7.25. The molecule has 3 aliphatic rings. The van der Waals surface area contributed by atoms with Crippen molar-refractivity contribution in [2.45, 2.75) is 31.1 Å². The Hall–Kier alpha value is -2.24. The van der Waals surface area contributed by atoms with Crippen LogP contribution in [0.2, 0.25) is 0 Å². The molecule has 1 atom stereocenters. The molecule has 2 N–H and O–H groups in total. The van der Waals surface area contributed by atoms with E-state index in [1.165, 1.54) is 12.0 Å². The minimum absolute atomic E-state index is 0.0432. The first-order valence-electron chi connectivity index (χ1n) is 9.06. The molecular formula is C19H26N4O2. The van der Waals surface area contributed by atoms with Crippen molar-refractivity contribution in [2.24, 2.45) is 10.9 Å². The SMILES string of the molecule is CN=C1Nc2cc(N3CCC(C(=O)NC)C3)c(OC)cc2C12CCC2. The summed E-state index contributed by atoms with van der Waals surface area (Å²) in [7, 11) is 5.29. The van der Waals surface area contributed by atoms with E-state index in [9.17, 15) is 4.79 Å². The quantitative estimate of drug-likeness (QED) is 0.883. The molecule has 25 heavy (non-hydrogen) atoms. The van der Waals surface area contributed by atoms with Crippen LogP contribution in [0.25, 0.3) is 0 Å². The Morgan fingerprint density at radius 1 is 1.44 bits per heavy atom. The molecule has 1 saturated heterocycles. The van der Waals surface area contributed by atoms with Crippen LogP contribution in [-0.4, -0.2) is 46.0 Å². The number of anilines is 2. The fourth-order valence-electron chi connectivity index (χ4n) is 4.56. The lowest BCUT2D eigenvalue weighted by atomic mass is 9.65. The van der Waals surface area contributed by atoms with E-state index in [1.807, 2.05) is 7.05 Å². The summed E-state index contributed by atoms with van der Waals surface area (Å²) in [5.74, 6) is 2.13. The van der Waals surface area contributed by atoms with Crippen LogP contribution in [0.1, 0.15) is 31.2 Å². The summed E-state index contributed by atoms with van der Waals surface area (Å²) in [6, 6.07) is 4.36. The maximum atomic E-state index is 11.9. The highest BCUT2D eigenvalue weighted by Gasteiger charge is 2.49. The third-order valence-electron chi connectivity index (χ3n) is 6.12. The number of methoxy groups -OCH3 is 1. The van der Waals surface area contributed by atoms with Crippen molar-refractivity contribution in [3.8, 4) is 5.75 Å². The fourth-order valence-corrected chi connectivity index (χ4v) is 4.56. The zero-order valence-electron chi connectivity index (χ0n) is 15.2. The average molecular weight is 342 g/mol. The Morgan fingerprint density at radius 3 is 2.84 bits per heavy atom. The first-order valence-corrected chi connectivity index (χ1v) is 9.06. The largest absolute Gasteiger partial charge is 0.495 e. The summed E-state index contributed by atoms with van der Waals surface area (Å²) in [5, 5.41) is 6.29. The molecule has 6 heteroatoms. The highest BCUT2D eigenvalue weighted by molar-refractivity contribution is 6.11. The Balaban J connectivity index is 1.69. The van der Waals surface area contributed by atoms with Gasteiger partial charge in [-0.25, -0.2) is 0 Å². The number of rotatable bonds is 3. The van der Waals surface area contributed by atoms with Crippen LogP contribution in [0.3, 0.4) is 0 Å². The summed E-state index contributed by atoms with van der Waals surface area (Å²) in [6.45, 7) is 1.60. The molecule has 2 fully saturated rings. The summed E-state index contributed by atoms with van der Waals surface area (Å²) in [5.41, 5.74) is 3.57. The number of ether oxygens (including phenoxy) is 1. The molecule has 4 rings (SSSR count). The first-order chi connectivity index (χ1) is 12.1. The zero-order chi connectivity index (χ0) is 17.6. The molecule has 2 heterocycles. The van der Waals surface area contributed by atoms with E-state index < -0.39 is 0 Å². The number of amides is 1. The van der Waals surface area contributed by atoms with Crippen molar-refractivity contribution in [1.29, 1.82) is 0 Å². The maximum Gasteiger partial charge on any atom is 0.224 e. The van der Waals surface area contributed by atoms with Gasteiger partial charge in [0.25, 0.3) is 0 Å². The van der Waals surface area contributed by atoms with Gasteiger partial charge in [-0.15, -0.1) is 0 Å². The number of nitrogens with one attached hydrogen (secondary N) is 2. The number of carbonyl (C=O) groups is 1. The standard InChI is InChI=1S/C19H26N4O2/c1-20-17(24)12-5-8-23(11-12)15-10-14-13(9-16(15)25-3)19(6-4-7-19)18(21-2)22-14/h9-10,12H,4-8,11H2,1-3H3,(H,20,24)(H,21,22). The molecule has 6 nitrogen and oxygen atoms in total. The lowest BCUT2D eigenvalue weighted by Gasteiger charge is -2.38. The van der Waals surface area contributed by atoms with E-state index in [0.29, 0.717) is 0 Å². The number of fused-ring (bicyclic) bond motifs is 2. The molecule has 1 aromatic carbocycles. The summed E-state index contributed by atoms with van der Waals surface area (Å²) in [4.78, 5) is 18.7. The van der Waals surface area contributed by atoms with Crippen LogP contribution in [-0.2, 0) is 10.2 Å². The Kier molecular flexibility index (Phi) is 3.85. The van der Waals surface area contributed by atoms with Crippen LogP contribution < -0.4 is 20.3 Å².